The second-order valence-electron chi connectivity index (χ2n) is 7.09. The van der Waals surface area contributed by atoms with Crippen molar-refractivity contribution in [3.8, 4) is 0 Å². The van der Waals surface area contributed by atoms with E-state index in [1.54, 1.807) is 7.05 Å². The number of nitrogens with zero attached hydrogens (tertiary/aromatic N) is 1. The maximum atomic E-state index is 11.6. The Bertz CT molecular complexity index is 343. The van der Waals surface area contributed by atoms with E-state index in [0.717, 1.165) is 38.8 Å². The minimum atomic E-state index is -0.671. The Morgan fingerprint density at radius 3 is 2.68 bits per heavy atom. The van der Waals surface area contributed by atoms with Crippen molar-refractivity contribution in [2.75, 3.05) is 26.7 Å². The number of nitrogens with one attached hydrogen (secondary N) is 1. The summed E-state index contributed by atoms with van der Waals surface area (Å²) in [6.45, 7) is 8.00. The highest BCUT2D eigenvalue weighted by Gasteiger charge is 2.47. The van der Waals surface area contributed by atoms with Gasteiger partial charge in [-0.1, -0.05) is 20.3 Å². The summed E-state index contributed by atoms with van der Waals surface area (Å²) in [6, 6.07) is 0. The number of carbonyl (C=O) groups is 1. The molecule has 1 heterocycles. The Kier molecular flexibility index (Phi) is 4.21. The number of carboxylic acids is 1. The molecule has 0 spiro atoms. The molecule has 0 aromatic carbocycles. The fraction of sp³-hybridized carbons (Fsp3) is 0.933. The van der Waals surface area contributed by atoms with Gasteiger partial charge >= 0.3 is 5.97 Å². The maximum absolute atomic E-state index is 11.6. The second-order valence-corrected chi connectivity index (χ2v) is 7.09. The fourth-order valence-corrected chi connectivity index (χ4v) is 3.94. The highest BCUT2D eigenvalue weighted by molar-refractivity contribution is 5.79. The molecule has 110 valence electrons. The number of aliphatic carboxylic acids is 1. The van der Waals surface area contributed by atoms with Gasteiger partial charge in [0.05, 0.1) is 0 Å². The van der Waals surface area contributed by atoms with Gasteiger partial charge < -0.3 is 15.3 Å². The van der Waals surface area contributed by atoms with Crippen LogP contribution in [0.1, 0.15) is 46.0 Å². The molecule has 4 heteroatoms. The number of rotatable bonds is 5. The molecule has 2 unspecified atom stereocenters. The summed E-state index contributed by atoms with van der Waals surface area (Å²) < 4.78 is 0. The molecule has 1 aliphatic heterocycles. The van der Waals surface area contributed by atoms with E-state index in [1.807, 2.05) is 0 Å². The molecule has 19 heavy (non-hydrogen) atoms. The van der Waals surface area contributed by atoms with Gasteiger partial charge in [-0.2, -0.15) is 0 Å². The lowest BCUT2D eigenvalue weighted by molar-refractivity contribution is -0.146. The highest BCUT2D eigenvalue weighted by atomic mass is 16.4. The van der Waals surface area contributed by atoms with Crippen molar-refractivity contribution in [3.05, 3.63) is 0 Å². The van der Waals surface area contributed by atoms with Crippen LogP contribution >= 0.6 is 0 Å². The zero-order chi connectivity index (χ0) is 14.1. The Morgan fingerprint density at radius 2 is 2.16 bits per heavy atom. The molecule has 0 bridgehead atoms. The molecule has 2 aliphatic rings. The standard InChI is InChI=1S/C15H28N2O2/c1-14(2)8-10-17(11-14)9-6-12-5-4-7-15(12,16-3)13(18)19/h12,16H,4-11H2,1-3H3,(H,18,19). The predicted molar refractivity (Wildman–Crippen MR) is 76.2 cm³/mol. The molecule has 1 aliphatic carbocycles. The van der Waals surface area contributed by atoms with Gasteiger partial charge in [0.2, 0.25) is 0 Å². The molecule has 0 aromatic rings. The lowest BCUT2D eigenvalue weighted by atomic mass is 9.84. The molecular formula is C15H28N2O2. The van der Waals surface area contributed by atoms with E-state index in [-0.39, 0.29) is 5.92 Å². The van der Waals surface area contributed by atoms with Crippen molar-refractivity contribution in [2.24, 2.45) is 11.3 Å². The van der Waals surface area contributed by atoms with Gasteiger partial charge in [0.25, 0.3) is 0 Å². The van der Waals surface area contributed by atoms with Gasteiger partial charge in [0, 0.05) is 6.54 Å². The van der Waals surface area contributed by atoms with Crippen molar-refractivity contribution in [3.63, 3.8) is 0 Å². The Hall–Kier alpha value is -0.610. The first-order valence-corrected chi connectivity index (χ1v) is 7.54. The van der Waals surface area contributed by atoms with Gasteiger partial charge in [-0.05, 0) is 57.2 Å². The normalized spacial score (nSPS) is 34.8. The topological polar surface area (TPSA) is 52.6 Å². The van der Waals surface area contributed by atoms with Crippen LogP contribution in [0.2, 0.25) is 0 Å². The number of hydrogen-bond acceptors (Lipinski definition) is 3. The molecule has 0 amide bonds. The fourth-order valence-electron chi connectivity index (χ4n) is 3.94. The van der Waals surface area contributed by atoms with Crippen LogP contribution in [0, 0.1) is 11.3 Å². The van der Waals surface area contributed by atoms with E-state index in [2.05, 4.69) is 24.1 Å². The third-order valence-corrected chi connectivity index (χ3v) is 5.20. The average Bonchev–Trinajstić information content (AvgIpc) is 2.90. The molecule has 0 radical (unpaired) electrons. The smallest absolute Gasteiger partial charge is 0.324 e. The van der Waals surface area contributed by atoms with Crippen molar-refractivity contribution < 1.29 is 9.90 Å². The molecule has 2 fully saturated rings. The summed E-state index contributed by atoms with van der Waals surface area (Å²) in [5, 5.41) is 12.6. The van der Waals surface area contributed by atoms with Crippen LogP contribution in [-0.4, -0.2) is 48.2 Å². The maximum Gasteiger partial charge on any atom is 0.324 e. The van der Waals surface area contributed by atoms with Crippen LogP contribution in [0.25, 0.3) is 0 Å². The first-order chi connectivity index (χ1) is 8.89. The number of carboxylic acid groups (broad SMARTS) is 1. The largest absolute Gasteiger partial charge is 0.480 e. The third kappa shape index (κ3) is 2.95. The van der Waals surface area contributed by atoms with Gasteiger partial charge in [-0.15, -0.1) is 0 Å². The Balaban J connectivity index is 1.90. The number of likely N-dealkylation sites (tertiary alicyclic amines) is 1. The summed E-state index contributed by atoms with van der Waals surface area (Å²) in [5.74, 6) is -0.391. The summed E-state index contributed by atoms with van der Waals surface area (Å²) in [4.78, 5) is 14.1. The quantitative estimate of drug-likeness (QED) is 0.800. The molecule has 2 N–H and O–H groups in total. The van der Waals surface area contributed by atoms with E-state index in [0.29, 0.717) is 5.41 Å². The summed E-state index contributed by atoms with van der Waals surface area (Å²) in [7, 11) is 1.80. The number of hydrogen-bond donors (Lipinski definition) is 2. The molecule has 1 saturated carbocycles. The monoisotopic (exact) mass is 268 g/mol. The van der Waals surface area contributed by atoms with Crippen LogP contribution in [0.3, 0.4) is 0 Å². The van der Waals surface area contributed by atoms with E-state index in [4.69, 9.17) is 0 Å². The second kappa shape index (κ2) is 5.41. The van der Waals surface area contributed by atoms with Crippen LogP contribution in [0.15, 0.2) is 0 Å². The van der Waals surface area contributed by atoms with Gasteiger partial charge in [0.1, 0.15) is 5.54 Å². The van der Waals surface area contributed by atoms with E-state index in [9.17, 15) is 9.90 Å². The molecule has 1 saturated heterocycles. The highest BCUT2D eigenvalue weighted by Crippen LogP contribution is 2.39. The van der Waals surface area contributed by atoms with Gasteiger partial charge in [-0.3, -0.25) is 4.79 Å². The van der Waals surface area contributed by atoms with E-state index in [1.165, 1.54) is 13.0 Å². The average molecular weight is 268 g/mol. The van der Waals surface area contributed by atoms with Gasteiger partial charge in [0.15, 0.2) is 0 Å². The van der Waals surface area contributed by atoms with Crippen molar-refractivity contribution in [1.29, 1.82) is 0 Å². The van der Waals surface area contributed by atoms with E-state index < -0.39 is 11.5 Å². The van der Waals surface area contributed by atoms with Crippen LogP contribution in [-0.2, 0) is 4.79 Å². The molecule has 4 nitrogen and oxygen atoms in total. The summed E-state index contributed by atoms with van der Waals surface area (Å²) in [5.41, 5.74) is -0.238. The Morgan fingerprint density at radius 1 is 1.42 bits per heavy atom. The molecule has 0 aromatic heterocycles. The summed E-state index contributed by atoms with van der Waals surface area (Å²) in [6.07, 6.45) is 5.11. The van der Waals surface area contributed by atoms with Crippen molar-refractivity contribution >= 4 is 5.97 Å². The minimum Gasteiger partial charge on any atom is -0.480 e. The van der Waals surface area contributed by atoms with E-state index >= 15 is 0 Å². The third-order valence-electron chi connectivity index (χ3n) is 5.20. The van der Waals surface area contributed by atoms with Crippen LogP contribution in [0.4, 0.5) is 0 Å². The molecule has 2 atom stereocenters. The SMILES string of the molecule is CNC1(C(=O)O)CCCC1CCN1CCC(C)(C)C1. The van der Waals surface area contributed by atoms with Gasteiger partial charge in [-0.25, -0.2) is 0 Å². The lowest BCUT2D eigenvalue weighted by Crippen LogP contribution is -2.53. The van der Waals surface area contributed by atoms with Crippen molar-refractivity contribution in [2.45, 2.75) is 51.5 Å². The zero-order valence-corrected chi connectivity index (χ0v) is 12.5. The number of likely N-dealkylation sites (N-methyl/N-ethyl adjacent to an activating group) is 1. The first kappa shape index (κ1) is 14.8. The van der Waals surface area contributed by atoms with Crippen LogP contribution in [0.5, 0.6) is 0 Å². The zero-order valence-electron chi connectivity index (χ0n) is 12.5. The van der Waals surface area contributed by atoms with Crippen LogP contribution < -0.4 is 5.32 Å². The lowest BCUT2D eigenvalue weighted by Gasteiger charge is -2.32. The molecule has 2 rings (SSSR count). The minimum absolute atomic E-state index is 0.277. The first-order valence-electron chi connectivity index (χ1n) is 7.54. The Labute approximate surface area is 116 Å². The molecular weight excluding hydrogens is 240 g/mol. The summed E-state index contributed by atoms with van der Waals surface area (Å²) >= 11 is 0. The van der Waals surface area contributed by atoms with Crippen molar-refractivity contribution in [1.82, 2.24) is 10.2 Å². The predicted octanol–water partition coefficient (Wildman–Crippen LogP) is 1.95.